The third kappa shape index (κ3) is 3.91. The molecule has 0 fully saturated rings. The molecule has 0 N–H and O–H groups in total. The van der Waals surface area contributed by atoms with Gasteiger partial charge in [0, 0.05) is 26.9 Å². The fraction of sp³-hybridized carbons (Fsp3) is 0.211. The van der Waals surface area contributed by atoms with Crippen molar-refractivity contribution in [3.63, 3.8) is 0 Å². The van der Waals surface area contributed by atoms with Crippen molar-refractivity contribution in [2.24, 2.45) is 5.41 Å². The van der Waals surface area contributed by atoms with Crippen LogP contribution in [-0.4, -0.2) is 9.38 Å². The predicted molar refractivity (Wildman–Crippen MR) is 176 cm³/mol. The Hall–Kier alpha value is -4.90. The fourth-order valence-electron chi connectivity index (χ4n) is 7.24. The van der Waals surface area contributed by atoms with Crippen molar-refractivity contribution in [2.75, 3.05) is 0 Å². The number of imidazole rings is 1. The first-order valence-corrected chi connectivity index (χ1v) is 14.8. The molecule has 5 aromatic carbocycles. The molecule has 8 rings (SSSR count). The molecule has 0 aliphatic heterocycles. The molecule has 0 spiro atoms. The van der Waals surface area contributed by atoms with Crippen molar-refractivity contribution in [3.8, 4) is 11.5 Å². The molecule has 0 saturated heterocycles. The summed E-state index contributed by atoms with van der Waals surface area (Å²) in [4.78, 5) is 19.1. The van der Waals surface area contributed by atoms with Gasteiger partial charge in [-0.25, -0.2) is 4.98 Å². The number of pyridine rings is 1. The maximum Gasteiger partial charge on any atom is 0.264 e. The van der Waals surface area contributed by atoms with Crippen LogP contribution >= 0.6 is 0 Å². The lowest BCUT2D eigenvalue weighted by Crippen LogP contribution is -2.24. The van der Waals surface area contributed by atoms with Gasteiger partial charge in [0.2, 0.25) is 0 Å². The van der Waals surface area contributed by atoms with Gasteiger partial charge in [-0.2, -0.15) is 0 Å². The second kappa shape index (κ2) is 8.81. The lowest BCUT2D eigenvalue weighted by Gasteiger charge is -2.33. The number of rotatable bonds is 4. The van der Waals surface area contributed by atoms with E-state index in [1.165, 1.54) is 5.56 Å². The van der Waals surface area contributed by atoms with Crippen LogP contribution in [0.2, 0.25) is 0 Å². The van der Waals surface area contributed by atoms with Gasteiger partial charge in [0.1, 0.15) is 28.3 Å². The normalized spacial score (nSPS) is 13.0. The first-order chi connectivity index (χ1) is 20.6. The second-order valence-electron chi connectivity index (χ2n) is 13.6. The molecule has 0 bridgehead atoms. The van der Waals surface area contributed by atoms with Crippen molar-refractivity contribution < 1.29 is 9.15 Å². The van der Waals surface area contributed by atoms with Crippen molar-refractivity contribution in [2.45, 2.75) is 46.5 Å². The Kier molecular flexibility index (Phi) is 5.28. The highest BCUT2D eigenvalue weighted by atomic mass is 16.5. The van der Waals surface area contributed by atoms with Gasteiger partial charge in [-0.15, -0.1) is 0 Å². The van der Waals surface area contributed by atoms with Gasteiger partial charge in [0.15, 0.2) is 0 Å². The molecule has 0 saturated carbocycles. The molecular weight excluding hydrogens is 532 g/mol. The van der Waals surface area contributed by atoms with Crippen LogP contribution in [0, 0.1) is 5.41 Å². The third-order valence-electron chi connectivity index (χ3n) is 8.66. The molecular formula is C38H32N2O3. The summed E-state index contributed by atoms with van der Waals surface area (Å²) >= 11 is 0. The van der Waals surface area contributed by atoms with E-state index in [2.05, 4.69) is 46.8 Å². The van der Waals surface area contributed by atoms with Gasteiger partial charge >= 0.3 is 0 Å². The summed E-state index contributed by atoms with van der Waals surface area (Å²) in [6, 6.07) is 30.1. The first-order valence-electron chi connectivity index (χ1n) is 14.8. The lowest BCUT2D eigenvalue weighted by molar-refractivity contribution is 0.284. The summed E-state index contributed by atoms with van der Waals surface area (Å²) in [5.41, 5.74) is 5.08. The molecule has 8 aromatic rings. The molecule has 3 heterocycles. The molecule has 212 valence electrons. The minimum atomic E-state index is -0.122. The molecule has 5 heteroatoms. The van der Waals surface area contributed by atoms with Crippen LogP contribution in [0.3, 0.4) is 0 Å². The lowest BCUT2D eigenvalue weighted by atomic mass is 9.72. The van der Waals surface area contributed by atoms with Crippen LogP contribution in [0.25, 0.3) is 60.2 Å². The van der Waals surface area contributed by atoms with Crippen molar-refractivity contribution in [1.82, 2.24) is 9.38 Å². The van der Waals surface area contributed by atoms with Crippen LogP contribution < -0.4 is 10.3 Å². The summed E-state index contributed by atoms with van der Waals surface area (Å²) < 4.78 is 14.8. The highest BCUT2D eigenvalue weighted by Gasteiger charge is 2.28. The molecule has 5 nitrogen and oxygen atoms in total. The summed E-state index contributed by atoms with van der Waals surface area (Å²) in [5.74, 6) is 1.34. The number of aromatic nitrogens is 2. The minimum Gasteiger partial charge on any atom is -0.457 e. The number of fused-ring (bicyclic) bond motifs is 6. The van der Waals surface area contributed by atoms with E-state index in [-0.39, 0.29) is 16.4 Å². The van der Waals surface area contributed by atoms with Gasteiger partial charge < -0.3 is 9.15 Å². The Morgan fingerprint density at radius 3 is 2.28 bits per heavy atom. The molecule has 0 aliphatic carbocycles. The third-order valence-corrected chi connectivity index (χ3v) is 8.66. The topological polar surface area (TPSA) is 56.7 Å². The van der Waals surface area contributed by atoms with Crippen molar-refractivity contribution in [3.05, 3.63) is 107 Å². The Labute approximate surface area is 248 Å². The van der Waals surface area contributed by atoms with E-state index in [0.29, 0.717) is 22.4 Å². The number of benzene rings is 5. The largest absolute Gasteiger partial charge is 0.457 e. The summed E-state index contributed by atoms with van der Waals surface area (Å²) in [6.45, 7) is 11.4. The van der Waals surface area contributed by atoms with E-state index in [9.17, 15) is 4.79 Å². The number of hydrogen-bond acceptors (Lipinski definition) is 4. The number of para-hydroxylation sites is 3. The molecule has 0 aliphatic rings. The van der Waals surface area contributed by atoms with E-state index in [4.69, 9.17) is 14.1 Å². The Morgan fingerprint density at radius 1 is 0.744 bits per heavy atom. The standard InChI is InChI=1S/C38H32N2O3/c1-37(2,3)21-38(4,5)22-14-16-23(17-15-22)42-31-20-26-32-25(35-39-27-11-7-8-12-28(27)40(35)36(26)41)18-19-30-34(32)33(31)24-10-6-9-13-29(24)43-30/h6-20H,21H2,1-5H3. The highest BCUT2D eigenvalue weighted by Crippen LogP contribution is 2.45. The quantitative estimate of drug-likeness (QED) is 0.158. The molecule has 0 radical (unpaired) electrons. The minimum absolute atomic E-state index is 0.0230. The monoisotopic (exact) mass is 564 g/mol. The van der Waals surface area contributed by atoms with Gasteiger partial charge in [-0.1, -0.05) is 77.1 Å². The van der Waals surface area contributed by atoms with E-state index in [1.807, 2.05) is 78.9 Å². The Balaban J connectivity index is 1.41. The zero-order chi connectivity index (χ0) is 29.7. The van der Waals surface area contributed by atoms with Crippen LogP contribution in [-0.2, 0) is 5.41 Å². The van der Waals surface area contributed by atoms with E-state index in [0.717, 1.165) is 55.7 Å². The molecule has 0 amide bonds. The zero-order valence-electron chi connectivity index (χ0n) is 25.0. The van der Waals surface area contributed by atoms with Gasteiger partial charge in [0.05, 0.1) is 16.4 Å². The molecule has 0 unspecified atom stereocenters. The highest BCUT2D eigenvalue weighted by molar-refractivity contribution is 6.30. The maximum absolute atomic E-state index is 14.2. The van der Waals surface area contributed by atoms with Gasteiger partial charge in [-0.05, 0) is 71.3 Å². The predicted octanol–water partition coefficient (Wildman–Crippen LogP) is 10.00. The van der Waals surface area contributed by atoms with E-state index >= 15 is 0 Å². The molecule has 0 atom stereocenters. The van der Waals surface area contributed by atoms with Crippen molar-refractivity contribution >= 4 is 60.2 Å². The van der Waals surface area contributed by atoms with Crippen LogP contribution in [0.4, 0.5) is 0 Å². The van der Waals surface area contributed by atoms with Crippen LogP contribution in [0.5, 0.6) is 11.5 Å². The summed E-state index contributed by atoms with van der Waals surface area (Å²) in [6.07, 6.45) is 1.06. The van der Waals surface area contributed by atoms with E-state index < -0.39 is 0 Å². The van der Waals surface area contributed by atoms with Gasteiger partial charge in [-0.3, -0.25) is 9.20 Å². The first kappa shape index (κ1) is 25.8. The van der Waals surface area contributed by atoms with Crippen LogP contribution in [0.1, 0.15) is 46.6 Å². The fourth-order valence-corrected chi connectivity index (χ4v) is 7.24. The number of ether oxygens (including phenoxy) is 1. The summed E-state index contributed by atoms with van der Waals surface area (Å²) in [7, 11) is 0. The number of hydrogen-bond donors (Lipinski definition) is 0. The van der Waals surface area contributed by atoms with Crippen molar-refractivity contribution in [1.29, 1.82) is 0 Å². The average molecular weight is 565 g/mol. The van der Waals surface area contributed by atoms with Crippen LogP contribution in [0.15, 0.2) is 100 Å². The smallest absolute Gasteiger partial charge is 0.264 e. The Bertz CT molecular complexity index is 2420. The average Bonchev–Trinajstić information content (AvgIpc) is 3.36. The molecule has 3 aromatic heterocycles. The summed E-state index contributed by atoms with van der Waals surface area (Å²) in [5, 5.41) is 5.06. The van der Waals surface area contributed by atoms with E-state index in [1.54, 1.807) is 4.40 Å². The van der Waals surface area contributed by atoms with Gasteiger partial charge in [0.25, 0.3) is 5.56 Å². The second-order valence-corrected chi connectivity index (χ2v) is 13.6. The number of nitrogens with zero attached hydrogens (tertiary/aromatic N) is 2. The SMILES string of the molecule is CC(C)(C)CC(C)(C)c1ccc(Oc2cc3c(=O)n4c5ccccc5nc4c4ccc5oc6ccccc6c2c5c34)cc1. The zero-order valence-corrected chi connectivity index (χ0v) is 25.0. The Morgan fingerprint density at radius 2 is 1.49 bits per heavy atom. The maximum atomic E-state index is 14.2. The molecule has 43 heavy (non-hydrogen) atoms.